The van der Waals surface area contributed by atoms with Crippen LogP contribution in [0.15, 0.2) is 18.2 Å². The number of benzene rings is 1. The Balaban J connectivity index is 1.60. The van der Waals surface area contributed by atoms with Gasteiger partial charge < -0.3 is 9.47 Å². The predicted octanol–water partition coefficient (Wildman–Crippen LogP) is 4.87. The summed E-state index contributed by atoms with van der Waals surface area (Å²) >= 11 is 0. The van der Waals surface area contributed by atoms with E-state index in [0.29, 0.717) is 17.3 Å². The van der Waals surface area contributed by atoms with Gasteiger partial charge in [-0.05, 0) is 85.3 Å². The van der Waals surface area contributed by atoms with Crippen LogP contribution in [0.25, 0.3) is 0 Å². The van der Waals surface area contributed by atoms with Crippen molar-refractivity contribution in [2.24, 2.45) is 17.3 Å². The molecule has 136 valence electrons. The van der Waals surface area contributed by atoms with Crippen LogP contribution in [0.4, 0.5) is 0 Å². The predicted molar refractivity (Wildman–Crippen MR) is 97.8 cm³/mol. The number of hydrogen-bond donors (Lipinski definition) is 0. The van der Waals surface area contributed by atoms with Gasteiger partial charge in [0.15, 0.2) is 0 Å². The van der Waals surface area contributed by atoms with Gasteiger partial charge in [0.25, 0.3) is 0 Å². The minimum Gasteiger partial charge on any atom is -0.496 e. The summed E-state index contributed by atoms with van der Waals surface area (Å²) < 4.78 is 11.2. The van der Waals surface area contributed by atoms with E-state index in [1.165, 1.54) is 43.7 Å². The second-order valence-electron chi connectivity index (χ2n) is 8.57. The fourth-order valence-corrected chi connectivity index (χ4v) is 6.29. The van der Waals surface area contributed by atoms with Gasteiger partial charge in [0.05, 0.1) is 7.11 Å². The summed E-state index contributed by atoms with van der Waals surface area (Å²) in [6, 6.07) is 6.60. The third-order valence-corrected chi connectivity index (χ3v) is 7.47. The van der Waals surface area contributed by atoms with Crippen molar-refractivity contribution in [3.05, 3.63) is 29.3 Å². The van der Waals surface area contributed by atoms with E-state index in [2.05, 4.69) is 25.1 Å². The average molecular weight is 342 g/mol. The van der Waals surface area contributed by atoms with Crippen molar-refractivity contribution in [3.63, 3.8) is 0 Å². The second-order valence-corrected chi connectivity index (χ2v) is 8.57. The molecule has 3 aliphatic rings. The lowest BCUT2D eigenvalue weighted by Gasteiger charge is -2.56. The molecule has 0 saturated heterocycles. The highest BCUT2D eigenvalue weighted by atomic mass is 16.5. The average Bonchev–Trinajstić information content (AvgIpc) is 2.60. The smallest absolute Gasteiger partial charge is 0.302 e. The number of esters is 1. The van der Waals surface area contributed by atoms with Crippen molar-refractivity contribution in [2.75, 3.05) is 7.11 Å². The standard InChI is InChI=1S/C22H30O3/c1-14(23)25-16-11-12-22(2)15(13-16)7-8-18-17-5-4-6-21(24-3)19(17)9-10-20(18)22/h4-6,15-16,18,20H,7-13H2,1-3H3. The molecule has 1 aromatic rings. The minimum absolute atomic E-state index is 0.124. The Labute approximate surface area is 151 Å². The first-order valence-electron chi connectivity index (χ1n) is 9.86. The third-order valence-electron chi connectivity index (χ3n) is 7.47. The number of fused-ring (bicyclic) bond motifs is 5. The van der Waals surface area contributed by atoms with Crippen molar-refractivity contribution in [2.45, 2.75) is 70.8 Å². The molecule has 2 saturated carbocycles. The molecule has 2 fully saturated rings. The van der Waals surface area contributed by atoms with Gasteiger partial charge in [0.2, 0.25) is 0 Å². The molecule has 5 atom stereocenters. The van der Waals surface area contributed by atoms with Gasteiger partial charge in [0, 0.05) is 6.92 Å². The number of ether oxygens (including phenoxy) is 2. The topological polar surface area (TPSA) is 35.5 Å². The zero-order valence-corrected chi connectivity index (χ0v) is 15.7. The maximum atomic E-state index is 11.3. The normalized spacial score (nSPS) is 36.6. The van der Waals surface area contributed by atoms with Crippen molar-refractivity contribution in [1.29, 1.82) is 0 Å². The van der Waals surface area contributed by atoms with Crippen LogP contribution in [0, 0.1) is 17.3 Å². The summed E-state index contributed by atoms with van der Waals surface area (Å²) in [5.74, 6) is 3.07. The van der Waals surface area contributed by atoms with Crippen LogP contribution < -0.4 is 4.74 Å². The largest absolute Gasteiger partial charge is 0.496 e. The van der Waals surface area contributed by atoms with Crippen molar-refractivity contribution in [1.82, 2.24) is 0 Å². The molecule has 1 aromatic carbocycles. The molecule has 0 N–H and O–H groups in total. The minimum atomic E-state index is -0.124. The molecule has 0 spiro atoms. The molecule has 0 bridgehead atoms. The van der Waals surface area contributed by atoms with Crippen LogP contribution in [0.3, 0.4) is 0 Å². The zero-order valence-electron chi connectivity index (χ0n) is 15.7. The zero-order chi connectivity index (χ0) is 17.6. The Bertz CT molecular complexity index is 667. The first-order chi connectivity index (χ1) is 12.0. The lowest BCUT2D eigenvalue weighted by atomic mass is 9.49. The van der Waals surface area contributed by atoms with E-state index in [-0.39, 0.29) is 12.1 Å². The van der Waals surface area contributed by atoms with Gasteiger partial charge in [-0.1, -0.05) is 19.1 Å². The maximum absolute atomic E-state index is 11.3. The van der Waals surface area contributed by atoms with E-state index in [1.54, 1.807) is 7.11 Å². The summed E-state index contributed by atoms with van der Waals surface area (Å²) in [4.78, 5) is 11.3. The van der Waals surface area contributed by atoms with Crippen LogP contribution in [-0.2, 0) is 16.0 Å². The number of rotatable bonds is 2. The summed E-state index contributed by atoms with van der Waals surface area (Å²) in [5, 5.41) is 0. The SMILES string of the molecule is COc1cccc2c1CCC1C2CCC2CC(OC(C)=O)CCC21C. The van der Waals surface area contributed by atoms with Gasteiger partial charge in [-0.3, -0.25) is 4.79 Å². The fourth-order valence-electron chi connectivity index (χ4n) is 6.29. The van der Waals surface area contributed by atoms with E-state index in [4.69, 9.17) is 9.47 Å². The first kappa shape index (κ1) is 16.9. The first-order valence-corrected chi connectivity index (χ1v) is 9.86. The van der Waals surface area contributed by atoms with E-state index >= 15 is 0 Å². The summed E-state index contributed by atoms with van der Waals surface area (Å²) in [6.45, 7) is 4.06. The Hall–Kier alpha value is -1.51. The van der Waals surface area contributed by atoms with Crippen LogP contribution in [0.1, 0.15) is 69.4 Å². The number of carbonyl (C=O) groups is 1. The molecular formula is C22H30O3. The van der Waals surface area contributed by atoms with Gasteiger partial charge in [-0.2, -0.15) is 0 Å². The molecule has 0 aromatic heterocycles. The molecule has 4 rings (SSSR count). The Morgan fingerprint density at radius 1 is 1.20 bits per heavy atom. The quantitative estimate of drug-likeness (QED) is 0.719. The lowest BCUT2D eigenvalue weighted by molar-refractivity contribution is -0.153. The van der Waals surface area contributed by atoms with Gasteiger partial charge >= 0.3 is 5.97 Å². The molecule has 0 aliphatic heterocycles. The van der Waals surface area contributed by atoms with E-state index in [0.717, 1.165) is 30.9 Å². The van der Waals surface area contributed by atoms with Crippen LogP contribution in [0.5, 0.6) is 5.75 Å². The lowest BCUT2D eigenvalue weighted by Crippen LogP contribution is -2.49. The number of hydrogen-bond acceptors (Lipinski definition) is 3. The Morgan fingerprint density at radius 2 is 2.04 bits per heavy atom. The van der Waals surface area contributed by atoms with Gasteiger partial charge in [-0.25, -0.2) is 0 Å². The third kappa shape index (κ3) is 2.76. The number of methoxy groups -OCH3 is 1. The summed E-state index contributed by atoms with van der Waals surface area (Å²) in [6.07, 6.45) is 8.34. The van der Waals surface area contributed by atoms with Crippen LogP contribution >= 0.6 is 0 Å². The molecule has 3 aliphatic carbocycles. The van der Waals surface area contributed by atoms with Crippen molar-refractivity contribution < 1.29 is 14.3 Å². The van der Waals surface area contributed by atoms with Crippen LogP contribution in [0.2, 0.25) is 0 Å². The molecule has 0 amide bonds. The maximum Gasteiger partial charge on any atom is 0.302 e. The molecule has 25 heavy (non-hydrogen) atoms. The van der Waals surface area contributed by atoms with Gasteiger partial charge in [0.1, 0.15) is 11.9 Å². The molecule has 0 heterocycles. The summed E-state index contributed by atoms with van der Waals surface area (Å²) in [7, 11) is 1.79. The van der Waals surface area contributed by atoms with Gasteiger partial charge in [-0.15, -0.1) is 0 Å². The molecule has 5 unspecified atom stereocenters. The molecule has 3 nitrogen and oxygen atoms in total. The highest BCUT2D eigenvalue weighted by Gasteiger charge is 2.52. The molecular weight excluding hydrogens is 312 g/mol. The highest BCUT2D eigenvalue weighted by Crippen LogP contribution is 2.61. The van der Waals surface area contributed by atoms with E-state index in [9.17, 15) is 4.79 Å². The Kier molecular flexibility index (Phi) is 4.29. The second kappa shape index (κ2) is 6.34. The fraction of sp³-hybridized carbons (Fsp3) is 0.682. The van der Waals surface area contributed by atoms with Crippen LogP contribution in [-0.4, -0.2) is 19.2 Å². The molecule has 0 radical (unpaired) electrons. The van der Waals surface area contributed by atoms with E-state index < -0.39 is 0 Å². The van der Waals surface area contributed by atoms with E-state index in [1.807, 2.05) is 0 Å². The Morgan fingerprint density at radius 3 is 2.80 bits per heavy atom. The summed E-state index contributed by atoms with van der Waals surface area (Å²) in [5.41, 5.74) is 3.37. The molecule has 3 heteroatoms. The van der Waals surface area contributed by atoms with Crippen molar-refractivity contribution in [3.8, 4) is 5.75 Å². The number of carbonyl (C=O) groups excluding carboxylic acids is 1. The highest BCUT2D eigenvalue weighted by molar-refractivity contribution is 5.66. The monoisotopic (exact) mass is 342 g/mol. The van der Waals surface area contributed by atoms with Crippen molar-refractivity contribution >= 4 is 5.97 Å².